The molecular weight excluding hydrogens is 240 g/mol. The standard InChI is InChI=1S/C15H22N2O2/c1-3-4-8-11-16-15(19)12-17(13(2)18)14-9-6-5-7-10-14/h5-7,9-10H,3-4,8,11-12H2,1-2H3,(H,16,19). The molecule has 0 aromatic heterocycles. The van der Waals surface area contributed by atoms with Crippen LogP contribution in [0.5, 0.6) is 0 Å². The average molecular weight is 262 g/mol. The summed E-state index contributed by atoms with van der Waals surface area (Å²) in [5, 5.41) is 2.84. The first kappa shape index (κ1) is 15.2. The number of rotatable bonds is 7. The Bertz CT molecular complexity index is 404. The van der Waals surface area contributed by atoms with E-state index >= 15 is 0 Å². The minimum atomic E-state index is -0.130. The molecule has 0 bridgehead atoms. The Kier molecular flexibility index (Phi) is 6.64. The van der Waals surface area contributed by atoms with E-state index in [-0.39, 0.29) is 18.4 Å². The van der Waals surface area contributed by atoms with Crippen molar-refractivity contribution in [3.05, 3.63) is 30.3 Å². The summed E-state index contributed by atoms with van der Waals surface area (Å²) in [7, 11) is 0. The topological polar surface area (TPSA) is 49.4 Å². The van der Waals surface area contributed by atoms with Crippen LogP contribution in [0.2, 0.25) is 0 Å². The van der Waals surface area contributed by atoms with E-state index in [1.807, 2.05) is 30.3 Å². The number of para-hydroxylation sites is 1. The number of amides is 2. The number of nitrogens with one attached hydrogen (secondary N) is 1. The summed E-state index contributed by atoms with van der Waals surface area (Å²) < 4.78 is 0. The van der Waals surface area contributed by atoms with Gasteiger partial charge < -0.3 is 10.2 Å². The van der Waals surface area contributed by atoms with E-state index in [0.717, 1.165) is 24.9 Å². The van der Waals surface area contributed by atoms with Gasteiger partial charge in [0, 0.05) is 19.2 Å². The van der Waals surface area contributed by atoms with Crippen LogP contribution in [0.15, 0.2) is 30.3 Å². The number of unbranched alkanes of at least 4 members (excludes halogenated alkanes) is 2. The van der Waals surface area contributed by atoms with Crippen LogP contribution in [0.3, 0.4) is 0 Å². The van der Waals surface area contributed by atoms with Crippen molar-refractivity contribution in [1.82, 2.24) is 5.32 Å². The number of benzene rings is 1. The molecule has 1 aromatic carbocycles. The third-order valence-electron chi connectivity index (χ3n) is 2.85. The van der Waals surface area contributed by atoms with Gasteiger partial charge in [-0.3, -0.25) is 9.59 Å². The predicted molar refractivity (Wildman–Crippen MR) is 77.0 cm³/mol. The van der Waals surface area contributed by atoms with Crippen LogP contribution in [0.25, 0.3) is 0 Å². The van der Waals surface area contributed by atoms with E-state index in [9.17, 15) is 9.59 Å². The molecule has 0 aliphatic rings. The molecule has 0 fully saturated rings. The molecule has 4 heteroatoms. The van der Waals surface area contributed by atoms with Gasteiger partial charge in [0.2, 0.25) is 11.8 Å². The largest absolute Gasteiger partial charge is 0.355 e. The maximum Gasteiger partial charge on any atom is 0.240 e. The van der Waals surface area contributed by atoms with Crippen molar-refractivity contribution in [3.63, 3.8) is 0 Å². The monoisotopic (exact) mass is 262 g/mol. The van der Waals surface area contributed by atoms with E-state index in [1.165, 1.54) is 11.8 Å². The second-order valence-electron chi connectivity index (χ2n) is 4.50. The van der Waals surface area contributed by atoms with E-state index in [2.05, 4.69) is 12.2 Å². The first-order chi connectivity index (χ1) is 9.15. The molecule has 104 valence electrons. The average Bonchev–Trinajstić information content (AvgIpc) is 2.41. The molecule has 0 aliphatic heterocycles. The summed E-state index contributed by atoms with van der Waals surface area (Å²) in [6, 6.07) is 9.24. The summed E-state index contributed by atoms with van der Waals surface area (Å²) in [5.74, 6) is -0.245. The van der Waals surface area contributed by atoms with Gasteiger partial charge in [0.25, 0.3) is 0 Å². The van der Waals surface area contributed by atoms with Gasteiger partial charge >= 0.3 is 0 Å². The third kappa shape index (κ3) is 5.55. The zero-order chi connectivity index (χ0) is 14.1. The van der Waals surface area contributed by atoms with Crippen molar-refractivity contribution in [3.8, 4) is 0 Å². The quantitative estimate of drug-likeness (QED) is 0.767. The van der Waals surface area contributed by atoms with Crippen LogP contribution in [0, 0.1) is 0 Å². The summed E-state index contributed by atoms with van der Waals surface area (Å²) in [4.78, 5) is 24.9. The van der Waals surface area contributed by atoms with Gasteiger partial charge in [0.15, 0.2) is 0 Å². The molecule has 2 amide bonds. The maximum absolute atomic E-state index is 11.8. The molecule has 1 aromatic rings. The molecule has 0 atom stereocenters. The second-order valence-corrected chi connectivity index (χ2v) is 4.50. The van der Waals surface area contributed by atoms with E-state index < -0.39 is 0 Å². The molecular formula is C15H22N2O2. The Hall–Kier alpha value is -1.84. The number of hydrogen-bond donors (Lipinski definition) is 1. The molecule has 0 spiro atoms. The van der Waals surface area contributed by atoms with Gasteiger partial charge in [-0.05, 0) is 18.6 Å². The van der Waals surface area contributed by atoms with E-state index in [4.69, 9.17) is 0 Å². The number of anilines is 1. The highest BCUT2D eigenvalue weighted by Crippen LogP contribution is 2.12. The molecule has 0 aliphatic carbocycles. The minimum absolute atomic E-state index is 0.0749. The molecule has 0 saturated heterocycles. The molecule has 4 nitrogen and oxygen atoms in total. The molecule has 0 radical (unpaired) electrons. The lowest BCUT2D eigenvalue weighted by Crippen LogP contribution is -2.40. The smallest absolute Gasteiger partial charge is 0.240 e. The second kappa shape index (κ2) is 8.29. The highest BCUT2D eigenvalue weighted by atomic mass is 16.2. The van der Waals surface area contributed by atoms with Gasteiger partial charge in [-0.15, -0.1) is 0 Å². The summed E-state index contributed by atoms with van der Waals surface area (Å²) in [6.45, 7) is 4.34. The lowest BCUT2D eigenvalue weighted by atomic mass is 10.2. The van der Waals surface area contributed by atoms with E-state index in [1.54, 1.807) is 0 Å². The number of nitrogens with zero attached hydrogens (tertiary/aromatic N) is 1. The Morgan fingerprint density at radius 1 is 1.16 bits per heavy atom. The SMILES string of the molecule is CCCCCNC(=O)CN(C(C)=O)c1ccccc1. The van der Waals surface area contributed by atoms with Crippen molar-refractivity contribution in [2.75, 3.05) is 18.0 Å². The van der Waals surface area contributed by atoms with Crippen molar-refractivity contribution in [2.45, 2.75) is 33.1 Å². The zero-order valence-electron chi connectivity index (χ0n) is 11.7. The van der Waals surface area contributed by atoms with Crippen LogP contribution in [-0.2, 0) is 9.59 Å². The van der Waals surface area contributed by atoms with E-state index in [0.29, 0.717) is 6.54 Å². The van der Waals surface area contributed by atoms with Gasteiger partial charge in [-0.2, -0.15) is 0 Å². The van der Waals surface area contributed by atoms with Crippen LogP contribution < -0.4 is 10.2 Å². The lowest BCUT2D eigenvalue weighted by Gasteiger charge is -2.20. The van der Waals surface area contributed by atoms with Crippen molar-refractivity contribution >= 4 is 17.5 Å². The lowest BCUT2D eigenvalue weighted by molar-refractivity contribution is -0.123. The molecule has 0 unspecified atom stereocenters. The zero-order valence-corrected chi connectivity index (χ0v) is 11.7. The molecule has 1 N–H and O–H groups in total. The molecule has 19 heavy (non-hydrogen) atoms. The highest BCUT2D eigenvalue weighted by Gasteiger charge is 2.14. The minimum Gasteiger partial charge on any atom is -0.355 e. The fourth-order valence-corrected chi connectivity index (χ4v) is 1.79. The van der Waals surface area contributed by atoms with Gasteiger partial charge in [-0.25, -0.2) is 0 Å². The molecule has 0 saturated carbocycles. The first-order valence-electron chi connectivity index (χ1n) is 6.75. The number of carbonyl (C=O) groups excluding carboxylic acids is 2. The van der Waals surface area contributed by atoms with Gasteiger partial charge in [-0.1, -0.05) is 38.0 Å². The number of carbonyl (C=O) groups is 2. The Labute approximate surface area is 114 Å². The highest BCUT2D eigenvalue weighted by molar-refractivity contribution is 5.97. The third-order valence-corrected chi connectivity index (χ3v) is 2.85. The summed E-state index contributed by atoms with van der Waals surface area (Å²) in [6.07, 6.45) is 3.21. The summed E-state index contributed by atoms with van der Waals surface area (Å²) >= 11 is 0. The Balaban J connectivity index is 2.51. The van der Waals surface area contributed by atoms with Crippen molar-refractivity contribution < 1.29 is 9.59 Å². The van der Waals surface area contributed by atoms with Crippen molar-refractivity contribution in [2.24, 2.45) is 0 Å². The fraction of sp³-hybridized carbons (Fsp3) is 0.467. The van der Waals surface area contributed by atoms with Gasteiger partial charge in [0.1, 0.15) is 6.54 Å². The maximum atomic E-state index is 11.8. The number of hydrogen-bond acceptors (Lipinski definition) is 2. The van der Waals surface area contributed by atoms with Crippen LogP contribution in [0.4, 0.5) is 5.69 Å². The fourth-order valence-electron chi connectivity index (χ4n) is 1.79. The van der Waals surface area contributed by atoms with Crippen LogP contribution in [-0.4, -0.2) is 24.9 Å². The predicted octanol–water partition coefficient (Wildman–Crippen LogP) is 2.35. The van der Waals surface area contributed by atoms with Crippen LogP contribution >= 0.6 is 0 Å². The molecule has 1 rings (SSSR count). The molecule has 0 heterocycles. The Morgan fingerprint density at radius 2 is 1.84 bits per heavy atom. The van der Waals surface area contributed by atoms with Crippen molar-refractivity contribution in [1.29, 1.82) is 0 Å². The van der Waals surface area contributed by atoms with Crippen LogP contribution in [0.1, 0.15) is 33.1 Å². The van der Waals surface area contributed by atoms with Gasteiger partial charge in [0.05, 0.1) is 0 Å². The Morgan fingerprint density at radius 3 is 2.42 bits per heavy atom. The summed E-state index contributed by atoms with van der Waals surface area (Å²) in [5.41, 5.74) is 0.749. The normalized spacial score (nSPS) is 10.0. The first-order valence-corrected chi connectivity index (χ1v) is 6.75.